The minimum atomic E-state index is -0.376. The van der Waals surface area contributed by atoms with E-state index in [-0.39, 0.29) is 17.2 Å². The maximum absolute atomic E-state index is 13.3. The van der Waals surface area contributed by atoms with Crippen molar-refractivity contribution in [3.8, 4) is 0 Å². The summed E-state index contributed by atoms with van der Waals surface area (Å²) in [5.41, 5.74) is 8.75. The van der Waals surface area contributed by atoms with Gasteiger partial charge in [-0.1, -0.05) is 53.7 Å². The Morgan fingerprint density at radius 1 is 1.07 bits per heavy atom. The Kier molecular flexibility index (Phi) is 4.85. The molecule has 7 heteroatoms. The molecule has 0 fully saturated rings. The average molecular weight is 394 g/mol. The SMILES string of the molecule is Cc1ccc(C2Nn3c(C)nnc3SC2C(=O)Nc2cccc(C)c2C)cc1. The van der Waals surface area contributed by atoms with Gasteiger partial charge in [-0.25, -0.2) is 4.68 Å². The summed E-state index contributed by atoms with van der Waals surface area (Å²) in [6.45, 7) is 8.02. The molecule has 6 nitrogen and oxygen atoms in total. The summed E-state index contributed by atoms with van der Waals surface area (Å²) in [5, 5.41) is 11.8. The van der Waals surface area contributed by atoms with Crippen LogP contribution in [0.5, 0.6) is 0 Å². The number of aryl methyl sites for hydroxylation is 3. The zero-order chi connectivity index (χ0) is 19.8. The van der Waals surface area contributed by atoms with Gasteiger partial charge in [0.25, 0.3) is 0 Å². The molecule has 2 atom stereocenters. The summed E-state index contributed by atoms with van der Waals surface area (Å²) >= 11 is 1.44. The number of amides is 1. The molecule has 3 aromatic rings. The summed E-state index contributed by atoms with van der Waals surface area (Å²) in [7, 11) is 0. The fourth-order valence-electron chi connectivity index (χ4n) is 3.27. The van der Waals surface area contributed by atoms with E-state index in [1.165, 1.54) is 17.3 Å². The molecule has 2 unspecified atom stereocenters. The first-order chi connectivity index (χ1) is 13.4. The summed E-state index contributed by atoms with van der Waals surface area (Å²) in [5.74, 6) is 0.719. The molecule has 2 heterocycles. The van der Waals surface area contributed by atoms with Crippen molar-refractivity contribution in [3.63, 3.8) is 0 Å². The largest absolute Gasteiger partial charge is 0.325 e. The number of aromatic nitrogens is 3. The van der Waals surface area contributed by atoms with Crippen LogP contribution in [0.15, 0.2) is 47.6 Å². The standard InChI is InChI=1S/C21H23N5OS/c1-12-8-10-16(11-9-12)18-19(28-21-24-23-15(4)26(21)25-18)20(27)22-17-7-5-6-13(2)14(17)3/h5-11,18-19,25H,1-4H3,(H,22,27). The van der Waals surface area contributed by atoms with E-state index >= 15 is 0 Å². The molecule has 0 saturated carbocycles. The van der Waals surface area contributed by atoms with Gasteiger partial charge in [-0.3, -0.25) is 4.79 Å². The van der Waals surface area contributed by atoms with Gasteiger partial charge in [0.1, 0.15) is 11.1 Å². The Morgan fingerprint density at radius 3 is 2.57 bits per heavy atom. The van der Waals surface area contributed by atoms with E-state index in [1.54, 1.807) is 0 Å². The van der Waals surface area contributed by atoms with Gasteiger partial charge in [-0.15, -0.1) is 10.2 Å². The van der Waals surface area contributed by atoms with Crippen molar-refractivity contribution in [2.75, 3.05) is 10.7 Å². The number of carbonyl (C=O) groups excluding carboxylic acids is 1. The van der Waals surface area contributed by atoms with Gasteiger partial charge in [-0.2, -0.15) is 0 Å². The molecule has 1 aliphatic heterocycles. The van der Waals surface area contributed by atoms with Crippen LogP contribution in [0.3, 0.4) is 0 Å². The lowest BCUT2D eigenvalue weighted by Gasteiger charge is -2.33. The van der Waals surface area contributed by atoms with Crippen LogP contribution in [-0.2, 0) is 4.79 Å². The number of hydrogen-bond donors (Lipinski definition) is 2. The highest BCUT2D eigenvalue weighted by Crippen LogP contribution is 2.37. The van der Waals surface area contributed by atoms with E-state index in [2.05, 4.69) is 52.1 Å². The van der Waals surface area contributed by atoms with E-state index in [0.29, 0.717) is 5.16 Å². The zero-order valence-corrected chi connectivity index (χ0v) is 17.2. The van der Waals surface area contributed by atoms with Crippen molar-refractivity contribution >= 4 is 23.4 Å². The lowest BCUT2D eigenvalue weighted by Crippen LogP contribution is -2.41. The molecular weight excluding hydrogens is 370 g/mol. The van der Waals surface area contributed by atoms with Gasteiger partial charge in [0.15, 0.2) is 0 Å². The van der Waals surface area contributed by atoms with Gasteiger partial charge in [0.2, 0.25) is 11.1 Å². The lowest BCUT2D eigenvalue weighted by molar-refractivity contribution is -0.116. The van der Waals surface area contributed by atoms with E-state index < -0.39 is 0 Å². The predicted octanol–water partition coefficient (Wildman–Crippen LogP) is 3.91. The molecule has 28 heavy (non-hydrogen) atoms. The first-order valence-corrected chi connectivity index (χ1v) is 10.1. The average Bonchev–Trinajstić information content (AvgIpc) is 3.05. The monoisotopic (exact) mass is 393 g/mol. The Bertz CT molecular complexity index is 1030. The minimum absolute atomic E-state index is 0.0521. The van der Waals surface area contributed by atoms with Gasteiger partial charge in [0.05, 0.1) is 6.04 Å². The molecule has 2 N–H and O–H groups in total. The fourth-order valence-corrected chi connectivity index (χ4v) is 4.40. The number of carbonyl (C=O) groups is 1. The van der Waals surface area contributed by atoms with Crippen molar-refractivity contribution in [1.82, 2.24) is 14.9 Å². The second-order valence-corrected chi connectivity index (χ2v) is 8.27. The number of anilines is 1. The van der Waals surface area contributed by atoms with Crippen LogP contribution >= 0.6 is 11.8 Å². The lowest BCUT2D eigenvalue weighted by atomic mass is 10.0. The van der Waals surface area contributed by atoms with Crippen LogP contribution < -0.4 is 10.7 Å². The molecule has 4 rings (SSSR count). The van der Waals surface area contributed by atoms with Crippen LogP contribution in [0.25, 0.3) is 0 Å². The van der Waals surface area contributed by atoms with Crippen molar-refractivity contribution in [1.29, 1.82) is 0 Å². The first kappa shape index (κ1) is 18.6. The third-order valence-corrected chi connectivity index (χ3v) is 6.37. The highest BCUT2D eigenvalue weighted by Gasteiger charge is 2.37. The van der Waals surface area contributed by atoms with Crippen LogP contribution in [0.2, 0.25) is 0 Å². The summed E-state index contributed by atoms with van der Waals surface area (Å²) in [4.78, 5) is 13.3. The molecule has 0 bridgehead atoms. The topological polar surface area (TPSA) is 71.8 Å². The highest BCUT2D eigenvalue weighted by atomic mass is 32.2. The van der Waals surface area contributed by atoms with Crippen molar-refractivity contribution in [3.05, 3.63) is 70.5 Å². The highest BCUT2D eigenvalue weighted by molar-refractivity contribution is 8.00. The summed E-state index contributed by atoms with van der Waals surface area (Å²) in [6.07, 6.45) is 0. The molecule has 0 spiro atoms. The number of thioether (sulfide) groups is 1. The van der Waals surface area contributed by atoms with Crippen LogP contribution in [0.4, 0.5) is 5.69 Å². The molecule has 1 amide bonds. The maximum Gasteiger partial charge on any atom is 0.240 e. The van der Waals surface area contributed by atoms with E-state index in [0.717, 1.165) is 28.2 Å². The summed E-state index contributed by atoms with van der Waals surface area (Å²) in [6, 6.07) is 14.0. The zero-order valence-electron chi connectivity index (χ0n) is 16.4. The molecule has 0 radical (unpaired) electrons. The van der Waals surface area contributed by atoms with E-state index in [9.17, 15) is 4.79 Å². The third kappa shape index (κ3) is 3.38. The Labute approximate surface area is 168 Å². The molecule has 0 saturated heterocycles. The van der Waals surface area contributed by atoms with Crippen molar-refractivity contribution < 1.29 is 4.79 Å². The quantitative estimate of drug-likeness (QED) is 0.706. The number of benzene rings is 2. The normalized spacial score (nSPS) is 18.3. The van der Waals surface area contributed by atoms with Crippen LogP contribution in [0, 0.1) is 27.7 Å². The first-order valence-electron chi connectivity index (χ1n) is 9.23. The van der Waals surface area contributed by atoms with E-state index in [1.807, 2.05) is 43.6 Å². The van der Waals surface area contributed by atoms with Gasteiger partial charge in [0, 0.05) is 5.69 Å². The fraction of sp³-hybridized carbons (Fsp3) is 0.286. The van der Waals surface area contributed by atoms with Gasteiger partial charge in [-0.05, 0) is 50.5 Å². The van der Waals surface area contributed by atoms with Crippen molar-refractivity contribution in [2.24, 2.45) is 0 Å². The molecule has 1 aliphatic rings. The van der Waals surface area contributed by atoms with Crippen LogP contribution in [0.1, 0.15) is 34.1 Å². The molecule has 144 valence electrons. The molecule has 1 aromatic heterocycles. The molecule has 2 aromatic carbocycles. The Balaban J connectivity index is 1.68. The minimum Gasteiger partial charge on any atom is -0.325 e. The predicted molar refractivity (Wildman–Crippen MR) is 112 cm³/mol. The second kappa shape index (κ2) is 7.31. The van der Waals surface area contributed by atoms with Gasteiger partial charge < -0.3 is 10.7 Å². The third-order valence-electron chi connectivity index (χ3n) is 5.16. The Morgan fingerprint density at radius 2 is 1.82 bits per heavy atom. The number of nitrogens with one attached hydrogen (secondary N) is 2. The number of fused-ring (bicyclic) bond motifs is 1. The van der Waals surface area contributed by atoms with Crippen LogP contribution in [-0.4, -0.2) is 26.0 Å². The maximum atomic E-state index is 13.3. The Hall–Kier alpha value is -2.80. The second-order valence-electron chi connectivity index (χ2n) is 7.16. The molecule has 0 aliphatic carbocycles. The number of nitrogens with zero attached hydrogens (tertiary/aromatic N) is 3. The van der Waals surface area contributed by atoms with Crippen molar-refractivity contribution in [2.45, 2.75) is 44.1 Å². The van der Waals surface area contributed by atoms with E-state index in [4.69, 9.17) is 0 Å². The number of hydrogen-bond acceptors (Lipinski definition) is 5. The van der Waals surface area contributed by atoms with Gasteiger partial charge >= 0.3 is 0 Å². The summed E-state index contributed by atoms with van der Waals surface area (Å²) < 4.78 is 1.86. The smallest absolute Gasteiger partial charge is 0.240 e. The molecular formula is C21H23N5OS. The number of rotatable bonds is 3.